The summed E-state index contributed by atoms with van der Waals surface area (Å²) in [5.74, 6) is 0.345. The van der Waals surface area contributed by atoms with Crippen molar-refractivity contribution in [2.24, 2.45) is 5.92 Å². The third-order valence-corrected chi connectivity index (χ3v) is 6.03. The Balaban J connectivity index is 1.52. The number of piperidine rings is 2. The highest BCUT2D eigenvalue weighted by Crippen LogP contribution is 2.33. The van der Waals surface area contributed by atoms with Crippen molar-refractivity contribution in [3.63, 3.8) is 0 Å². The first-order valence-corrected chi connectivity index (χ1v) is 10.2. The van der Waals surface area contributed by atoms with Crippen LogP contribution in [-0.2, 0) is 4.79 Å². The summed E-state index contributed by atoms with van der Waals surface area (Å²) in [5.41, 5.74) is 2.57. The number of halogens is 1. The van der Waals surface area contributed by atoms with Crippen LogP contribution in [0.25, 0.3) is 11.3 Å². The molecule has 1 aromatic carbocycles. The van der Waals surface area contributed by atoms with Crippen LogP contribution in [-0.4, -0.2) is 58.9 Å². The molecule has 1 atom stereocenters. The molecule has 0 unspecified atom stereocenters. The number of likely N-dealkylation sites (tertiary alicyclic amines) is 2. The number of nitrogens with zero attached hydrogens (tertiary/aromatic N) is 4. The largest absolute Gasteiger partial charge is 0.342 e. The molecule has 1 amide bonds. The number of hydrogen-bond donors (Lipinski definition) is 0. The van der Waals surface area contributed by atoms with Crippen LogP contribution >= 0.6 is 0 Å². The fourth-order valence-electron chi connectivity index (χ4n) is 4.39. The molecule has 0 spiro atoms. The molecule has 0 radical (unpaired) electrons. The molecule has 0 bridgehead atoms. The molecule has 2 aliphatic rings. The number of carbonyl (C=O) groups excluding carboxylic acids is 1. The minimum Gasteiger partial charge on any atom is -0.342 e. The molecule has 0 saturated carbocycles. The van der Waals surface area contributed by atoms with Crippen LogP contribution in [0.3, 0.4) is 0 Å². The number of amides is 1. The summed E-state index contributed by atoms with van der Waals surface area (Å²) in [6.45, 7) is 3.50. The second kappa shape index (κ2) is 8.35. The van der Waals surface area contributed by atoms with Gasteiger partial charge in [-0.2, -0.15) is 0 Å². The van der Waals surface area contributed by atoms with Crippen molar-refractivity contribution < 1.29 is 9.18 Å². The van der Waals surface area contributed by atoms with E-state index in [9.17, 15) is 9.18 Å². The first-order valence-electron chi connectivity index (χ1n) is 10.2. The molecule has 0 N–H and O–H groups in total. The molecule has 2 fully saturated rings. The zero-order chi connectivity index (χ0) is 19.5. The highest BCUT2D eigenvalue weighted by atomic mass is 19.1. The maximum Gasteiger partial charge on any atom is 0.225 e. The standard InChI is InChI=1S/C22H27FN4O/c1-26-13-8-17(9-14-26)22(28)27-12-2-3-18(15-27)21-20(24-10-11-25-21)16-4-6-19(23)7-5-16/h4-7,10-11,17-18H,2-3,8-9,12-15H2,1H3/t18-/m0/s1. The Hall–Kier alpha value is -2.34. The second-order valence-corrected chi connectivity index (χ2v) is 8.00. The summed E-state index contributed by atoms with van der Waals surface area (Å²) in [7, 11) is 2.11. The highest BCUT2D eigenvalue weighted by Gasteiger charge is 2.32. The summed E-state index contributed by atoms with van der Waals surface area (Å²) < 4.78 is 13.3. The van der Waals surface area contributed by atoms with Gasteiger partial charge in [0.15, 0.2) is 0 Å². The number of rotatable bonds is 3. The summed E-state index contributed by atoms with van der Waals surface area (Å²) in [6.07, 6.45) is 7.24. The SMILES string of the molecule is CN1CCC(C(=O)N2CCC[C@H](c3nccnc3-c3ccc(F)cc3)C2)CC1. The molecule has 2 aromatic rings. The smallest absolute Gasteiger partial charge is 0.225 e. The minimum absolute atomic E-state index is 0.147. The van der Waals surface area contributed by atoms with Gasteiger partial charge in [0.2, 0.25) is 5.91 Å². The first kappa shape index (κ1) is 19.0. The molecule has 4 rings (SSSR count). The molecule has 3 heterocycles. The van der Waals surface area contributed by atoms with Crippen LogP contribution in [0.2, 0.25) is 0 Å². The van der Waals surface area contributed by atoms with Crippen LogP contribution in [0.5, 0.6) is 0 Å². The maximum atomic E-state index is 13.3. The van der Waals surface area contributed by atoms with Gasteiger partial charge in [-0.25, -0.2) is 4.39 Å². The van der Waals surface area contributed by atoms with Gasteiger partial charge < -0.3 is 9.80 Å². The van der Waals surface area contributed by atoms with Crippen molar-refractivity contribution in [3.05, 3.63) is 48.2 Å². The van der Waals surface area contributed by atoms with E-state index in [1.165, 1.54) is 12.1 Å². The third kappa shape index (κ3) is 4.07. The monoisotopic (exact) mass is 382 g/mol. The fourth-order valence-corrected chi connectivity index (χ4v) is 4.39. The number of benzene rings is 1. The number of carbonyl (C=O) groups is 1. The predicted octanol–water partition coefficient (Wildman–Crippen LogP) is 3.33. The van der Waals surface area contributed by atoms with Gasteiger partial charge in [-0.1, -0.05) is 0 Å². The molecule has 148 valence electrons. The molecule has 5 nitrogen and oxygen atoms in total. The molecular weight excluding hydrogens is 355 g/mol. The normalized spacial score (nSPS) is 21.6. The summed E-state index contributed by atoms with van der Waals surface area (Å²) in [6, 6.07) is 6.38. The van der Waals surface area contributed by atoms with E-state index in [0.717, 1.165) is 62.3 Å². The average molecular weight is 382 g/mol. The van der Waals surface area contributed by atoms with Crippen molar-refractivity contribution >= 4 is 5.91 Å². The molecular formula is C22H27FN4O. The lowest BCUT2D eigenvalue weighted by atomic mass is 9.89. The maximum absolute atomic E-state index is 13.3. The van der Waals surface area contributed by atoms with Crippen LogP contribution in [0.4, 0.5) is 4.39 Å². The van der Waals surface area contributed by atoms with Gasteiger partial charge >= 0.3 is 0 Å². The Morgan fingerprint density at radius 2 is 1.75 bits per heavy atom. The Kier molecular flexibility index (Phi) is 5.67. The molecule has 28 heavy (non-hydrogen) atoms. The van der Waals surface area contributed by atoms with Gasteiger partial charge in [-0.15, -0.1) is 0 Å². The second-order valence-electron chi connectivity index (χ2n) is 8.00. The van der Waals surface area contributed by atoms with Crippen LogP contribution in [0.15, 0.2) is 36.7 Å². The van der Waals surface area contributed by atoms with Crippen LogP contribution < -0.4 is 0 Å². The highest BCUT2D eigenvalue weighted by molar-refractivity contribution is 5.79. The fraction of sp³-hybridized carbons (Fsp3) is 0.500. The molecule has 2 saturated heterocycles. The van der Waals surface area contributed by atoms with Gasteiger partial charge in [0.25, 0.3) is 0 Å². The Labute approximate surface area is 165 Å². The van der Waals surface area contributed by atoms with E-state index in [-0.39, 0.29) is 17.7 Å². The predicted molar refractivity (Wildman–Crippen MR) is 106 cm³/mol. The van der Waals surface area contributed by atoms with Gasteiger partial charge in [0, 0.05) is 42.9 Å². The Bertz CT molecular complexity index is 818. The van der Waals surface area contributed by atoms with Crippen molar-refractivity contribution in [1.82, 2.24) is 19.8 Å². The lowest BCUT2D eigenvalue weighted by Gasteiger charge is -2.37. The van der Waals surface area contributed by atoms with Gasteiger partial charge in [0.05, 0.1) is 11.4 Å². The van der Waals surface area contributed by atoms with Crippen molar-refractivity contribution in [1.29, 1.82) is 0 Å². The molecule has 2 aliphatic heterocycles. The van der Waals surface area contributed by atoms with E-state index >= 15 is 0 Å². The van der Waals surface area contributed by atoms with Crippen LogP contribution in [0.1, 0.15) is 37.3 Å². The Morgan fingerprint density at radius 1 is 1.04 bits per heavy atom. The van der Waals surface area contributed by atoms with E-state index in [1.807, 2.05) is 4.90 Å². The van der Waals surface area contributed by atoms with Gasteiger partial charge in [0.1, 0.15) is 5.82 Å². The molecule has 6 heteroatoms. The van der Waals surface area contributed by atoms with Crippen LogP contribution in [0, 0.1) is 11.7 Å². The first-order chi connectivity index (χ1) is 13.6. The number of aromatic nitrogens is 2. The molecule has 1 aromatic heterocycles. The van der Waals surface area contributed by atoms with Crippen molar-refractivity contribution in [2.45, 2.75) is 31.6 Å². The lowest BCUT2D eigenvalue weighted by Crippen LogP contribution is -2.45. The van der Waals surface area contributed by atoms with Crippen molar-refractivity contribution in [2.75, 3.05) is 33.2 Å². The summed E-state index contributed by atoms with van der Waals surface area (Å²) in [5, 5.41) is 0. The van der Waals surface area contributed by atoms with E-state index in [1.54, 1.807) is 24.5 Å². The minimum atomic E-state index is -0.262. The lowest BCUT2D eigenvalue weighted by molar-refractivity contribution is -0.138. The quantitative estimate of drug-likeness (QED) is 0.817. The molecule has 0 aliphatic carbocycles. The Morgan fingerprint density at radius 3 is 2.50 bits per heavy atom. The third-order valence-electron chi connectivity index (χ3n) is 6.03. The summed E-state index contributed by atoms with van der Waals surface area (Å²) >= 11 is 0. The van der Waals surface area contributed by atoms with E-state index in [4.69, 9.17) is 0 Å². The van der Waals surface area contributed by atoms with Gasteiger partial charge in [-0.3, -0.25) is 14.8 Å². The topological polar surface area (TPSA) is 49.3 Å². The zero-order valence-corrected chi connectivity index (χ0v) is 16.4. The number of hydrogen-bond acceptors (Lipinski definition) is 4. The van der Waals surface area contributed by atoms with Crippen molar-refractivity contribution in [3.8, 4) is 11.3 Å². The van der Waals surface area contributed by atoms with E-state index in [0.29, 0.717) is 12.5 Å². The van der Waals surface area contributed by atoms with E-state index in [2.05, 4.69) is 21.9 Å². The zero-order valence-electron chi connectivity index (χ0n) is 16.4. The average Bonchev–Trinajstić information content (AvgIpc) is 2.74. The summed E-state index contributed by atoms with van der Waals surface area (Å²) in [4.78, 5) is 26.5. The van der Waals surface area contributed by atoms with Gasteiger partial charge in [-0.05, 0) is 70.1 Å². The van der Waals surface area contributed by atoms with E-state index < -0.39 is 0 Å².